The van der Waals surface area contributed by atoms with Gasteiger partial charge in [0.05, 0.1) is 22.8 Å². The molecule has 0 N–H and O–H groups in total. The Balaban J connectivity index is 0.0000259. The molecule has 0 aliphatic rings. The van der Waals surface area contributed by atoms with Crippen LogP contribution in [0.2, 0.25) is 0 Å². The van der Waals surface area contributed by atoms with Gasteiger partial charge < -0.3 is 0 Å². The Morgan fingerprint density at radius 1 is 0.264 bits per heavy atom. The van der Waals surface area contributed by atoms with Crippen LogP contribution >= 0.6 is 0 Å². The van der Waals surface area contributed by atoms with Gasteiger partial charge in [-0.3, -0.25) is 9.98 Å². The van der Waals surface area contributed by atoms with Gasteiger partial charge in [0.2, 0.25) is 0 Å². The first-order valence-corrected chi connectivity index (χ1v) is 32.5. The van der Waals surface area contributed by atoms with Crippen molar-refractivity contribution in [2.24, 2.45) is 9.98 Å². The van der Waals surface area contributed by atoms with Gasteiger partial charge in [0.15, 0.2) is 0 Å². The molecule has 2 nitrogen and oxygen atoms in total. The van der Waals surface area contributed by atoms with E-state index in [-0.39, 0.29) is 20.4 Å². The van der Waals surface area contributed by atoms with Crippen LogP contribution in [0.25, 0.3) is 0 Å². The third kappa shape index (κ3) is 42.6. The topological polar surface area (TPSA) is 24.7 Å². The van der Waals surface area contributed by atoms with E-state index in [0.29, 0.717) is 0 Å². The fraction of sp³-hybridized carbons (Fsp3) is 0.797. The summed E-state index contributed by atoms with van der Waals surface area (Å²) in [7, 11) is 0. The summed E-state index contributed by atoms with van der Waals surface area (Å²) in [6.45, 7) is 9.25. The molecular formula is C69H122N2Pd. The standard InChI is InChI=1S/C69H122N2.Pd/c1-5-9-13-16-18-20-22-24-26-28-30-32-34-36-38-40-42-44-46-49-54-64-56-52-58-66(62-64)70-68(60-48-12-8-4)69(61-51-15-11-7-3)71-67-59-53-57-65(63-67)55-50-47-45-43-41-39-37-35-33-31-29-27-25-23-21-19-17-14-10-6-2;/h52-53,56-59,62-63H,5-51,54-55,60-61H2,1-4H3;. The number of nitrogens with zero attached hydrogens (tertiary/aromatic N) is 2. The zero-order chi connectivity index (χ0) is 50.6. The quantitative estimate of drug-likeness (QED) is 0.0358. The molecule has 2 aromatic carbocycles. The van der Waals surface area contributed by atoms with E-state index in [1.807, 2.05) is 0 Å². The van der Waals surface area contributed by atoms with Gasteiger partial charge in [-0.1, -0.05) is 328 Å². The van der Waals surface area contributed by atoms with E-state index < -0.39 is 0 Å². The first kappa shape index (κ1) is 68.5. The predicted octanol–water partition coefficient (Wildman–Crippen LogP) is 24.8. The molecule has 0 unspecified atom stereocenters. The molecule has 0 saturated carbocycles. The van der Waals surface area contributed by atoms with Crippen LogP contribution in [0.4, 0.5) is 11.4 Å². The van der Waals surface area contributed by atoms with Gasteiger partial charge in [0, 0.05) is 20.4 Å². The average molecular weight is 1090 g/mol. The van der Waals surface area contributed by atoms with E-state index in [1.54, 1.807) is 0 Å². The van der Waals surface area contributed by atoms with E-state index in [1.165, 1.54) is 324 Å². The molecule has 418 valence electrons. The van der Waals surface area contributed by atoms with Crippen molar-refractivity contribution in [3.05, 3.63) is 59.7 Å². The van der Waals surface area contributed by atoms with Crippen molar-refractivity contribution < 1.29 is 20.4 Å². The maximum absolute atomic E-state index is 5.47. The second-order valence-corrected chi connectivity index (χ2v) is 22.7. The third-order valence-electron chi connectivity index (χ3n) is 15.6. The maximum Gasteiger partial charge on any atom is 0.0636 e. The van der Waals surface area contributed by atoms with Crippen molar-refractivity contribution in [2.75, 3.05) is 0 Å². The molecule has 0 saturated heterocycles. The van der Waals surface area contributed by atoms with Crippen LogP contribution in [0.5, 0.6) is 0 Å². The Morgan fingerprint density at radius 2 is 0.472 bits per heavy atom. The molecule has 0 amide bonds. The van der Waals surface area contributed by atoms with Crippen LogP contribution in [-0.4, -0.2) is 11.4 Å². The summed E-state index contributed by atoms with van der Waals surface area (Å²) < 4.78 is 0. The first-order valence-electron chi connectivity index (χ1n) is 32.5. The number of benzene rings is 2. The molecule has 0 aliphatic carbocycles. The van der Waals surface area contributed by atoms with E-state index >= 15 is 0 Å². The largest absolute Gasteiger partial charge is 0.252 e. The summed E-state index contributed by atoms with van der Waals surface area (Å²) in [6, 6.07) is 18.4. The molecule has 3 heteroatoms. The molecule has 2 rings (SSSR count). The van der Waals surface area contributed by atoms with Crippen molar-refractivity contribution in [2.45, 2.75) is 355 Å². The van der Waals surface area contributed by atoms with Crippen molar-refractivity contribution in [1.82, 2.24) is 0 Å². The van der Waals surface area contributed by atoms with E-state index in [2.05, 4.69) is 76.2 Å². The normalized spacial score (nSPS) is 12.0. The van der Waals surface area contributed by atoms with Gasteiger partial charge in [0.25, 0.3) is 0 Å². The molecule has 0 bridgehead atoms. The van der Waals surface area contributed by atoms with Crippen LogP contribution in [-0.2, 0) is 33.3 Å². The molecule has 0 atom stereocenters. The van der Waals surface area contributed by atoms with Gasteiger partial charge in [-0.05, 0) is 86.8 Å². The summed E-state index contributed by atoms with van der Waals surface area (Å²) in [5, 5.41) is 0. The first-order chi connectivity index (χ1) is 35.2. The van der Waals surface area contributed by atoms with E-state index in [4.69, 9.17) is 9.98 Å². The van der Waals surface area contributed by atoms with Gasteiger partial charge in [0.1, 0.15) is 0 Å². The second kappa shape index (κ2) is 54.2. The van der Waals surface area contributed by atoms with Crippen LogP contribution < -0.4 is 0 Å². The Labute approximate surface area is 465 Å². The number of hydrogen-bond donors (Lipinski definition) is 0. The van der Waals surface area contributed by atoms with Crippen LogP contribution in [0.1, 0.15) is 353 Å². The molecule has 72 heavy (non-hydrogen) atoms. The molecule has 0 aliphatic heterocycles. The number of hydrogen-bond acceptors (Lipinski definition) is 2. The Bertz CT molecular complexity index is 1480. The molecule has 0 spiro atoms. The summed E-state index contributed by atoms with van der Waals surface area (Å²) in [6.07, 6.45) is 70.3. The van der Waals surface area contributed by atoms with Crippen molar-refractivity contribution in [3.63, 3.8) is 0 Å². The Morgan fingerprint density at radius 3 is 0.736 bits per heavy atom. The fourth-order valence-corrected chi connectivity index (χ4v) is 10.8. The fourth-order valence-electron chi connectivity index (χ4n) is 10.8. The summed E-state index contributed by atoms with van der Waals surface area (Å²) in [4.78, 5) is 10.9. The summed E-state index contributed by atoms with van der Waals surface area (Å²) in [5.41, 5.74) is 7.59. The van der Waals surface area contributed by atoms with E-state index in [0.717, 1.165) is 37.1 Å². The van der Waals surface area contributed by atoms with E-state index in [9.17, 15) is 0 Å². The summed E-state index contributed by atoms with van der Waals surface area (Å²) in [5.74, 6) is 0. The van der Waals surface area contributed by atoms with Crippen LogP contribution in [0.15, 0.2) is 58.5 Å². The molecule has 2 aromatic rings. The maximum atomic E-state index is 5.47. The van der Waals surface area contributed by atoms with Crippen molar-refractivity contribution in [1.29, 1.82) is 0 Å². The average Bonchev–Trinajstić information content (AvgIpc) is 3.38. The van der Waals surface area contributed by atoms with Gasteiger partial charge >= 0.3 is 0 Å². The third-order valence-corrected chi connectivity index (χ3v) is 15.6. The number of rotatable bonds is 54. The van der Waals surface area contributed by atoms with Crippen molar-refractivity contribution in [3.8, 4) is 0 Å². The molecule has 0 radical (unpaired) electrons. The zero-order valence-corrected chi connectivity index (χ0v) is 50.4. The Hall–Kier alpha value is -1.56. The predicted molar refractivity (Wildman–Crippen MR) is 323 cm³/mol. The number of aryl methyl sites for hydroxylation is 2. The minimum atomic E-state index is 0. The Kier molecular flexibility index (Phi) is 51.6. The minimum absolute atomic E-state index is 0. The van der Waals surface area contributed by atoms with Gasteiger partial charge in [-0.2, -0.15) is 0 Å². The molecule has 0 heterocycles. The monoisotopic (exact) mass is 1080 g/mol. The number of unbranched alkanes of at least 4 members (excludes halogenated alkanes) is 43. The number of aliphatic imine (C=N–C) groups is 2. The van der Waals surface area contributed by atoms with Crippen LogP contribution in [0.3, 0.4) is 0 Å². The SMILES string of the molecule is CCCCCCCCCCCCCCCCCCCCCCc1cccc(N=C(CCCCC)C(CCCCCC)=Nc2cccc(CCCCCCCCCCCCCCCCCCCCCC)c2)c1.[Pd]. The molecule has 0 fully saturated rings. The molecular weight excluding hydrogens is 963 g/mol. The van der Waals surface area contributed by atoms with Gasteiger partial charge in [-0.25, -0.2) is 0 Å². The smallest absolute Gasteiger partial charge is 0.0636 e. The van der Waals surface area contributed by atoms with Crippen molar-refractivity contribution >= 4 is 22.8 Å². The van der Waals surface area contributed by atoms with Gasteiger partial charge in [-0.15, -0.1) is 0 Å². The molecule has 0 aromatic heterocycles. The summed E-state index contributed by atoms with van der Waals surface area (Å²) >= 11 is 0. The minimum Gasteiger partial charge on any atom is -0.252 e. The zero-order valence-electron chi connectivity index (χ0n) is 48.9. The second-order valence-electron chi connectivity index (χ2n) is 22.7. The van der Waals surface area contributed by atoms with Crippen LogP contribution in [0, 0.1) is 0 Å².